The van der Waals surface area contributed by atoms with Gasteiger partial charge in [0.1, 0.15) is 0 Å². The molecule has 0 saturated heterocycles. The number of benzene rings is 2. The molecule has 138 valence electrons. The summed E-state index contributed by atoms with van der Waals surface area (Å²) in [4.78, 5) is 23.3. The lowest BCUT2D eigenvalue weighted by Crippen LogP contribution is -2.24. The lowest BCUT2D eigenvalue weighted by molar-refractivity contribution is -0.115. The van der Waals surface area contributed by atoms with E-state index in [-0.39, 0.29) is 12.1 Å². The summed E-state index contributed by atoms with van der Waals surface area (Å²) in [6.07, 6.45) is -3.56. The molecule has 0 heterocycles. The van der Waals surface area contributed by atoms with E-state index >= 15 is 0 Å². The third-order valence-corrected chi connectivity index (χ3v) is 3.66. The molecule has 0 unspecified atom stereocenters. The van der Waals surface area contributed by atoms with E-state index in [1.807, 2.05) is 6.07 Å². The number of amides is 1. The second-order valence-corrected chi connectivity index (χ2v) is 5.57. The van der Waals surface area contributed by atoms with E-state index in [1.165, 1.54) is 25.1 Å². The average Bonchev–Trinajstić information content (AvgIpc) is 2.65. The van der Waals surface area contributed by atoms with Gasteiger partial charge in [-0.05, 0) is 29.3 Å². The quantitative estimate of drug-likeness (QED) is 0.464. The van der Waals surface area contributed by atoms with E-state index in [4.69, 9.17) is 0 Å². The zero-order chi connectivity index (χ0) is 20.0. The third kappa shape index (κ3) is 5.05. The molecule has 2 rings (SSSR count). The Labute approximate surface area is 153 Å². The molecule has 0 aliphatic heterocycles. The van der Waals surface area contributed by atoms with Gasteiger partial charge in [0.2, 0.25) is 5.91 Å². The number of rotatable bonds is 5. The van der Waals surface area contributed by atoms with Gasteiger partial charge in [0.05, 0.1) is 22.9 Å². The Morgan fingerprint density at radius 1 is 1.15 bits per heavy atom. The van der Waals surface area contributed by atoms with Crippen LogP contribution >= 0.6 is 0 Å². The average molecular weight is 372 g/mol. The maximum absolute atomic E-state index is 12.8. The first-order valence-electron chi connectivity index (χ1n) is 7.99. The Morgan fingerprint density at radius 3 is 2.37 bits per heavy atom. The zero-order valence-corrected chi connectivity index (χ0v) is 14.3. The molecule has 0 atom stereocenters. The number of anilines is 1. The van der Waals surface area contributed by atoms with Gasteiger partial charge in [0.15, 0.2) is 0 Å². The van der Waals surface area contributed by atoms with Gasteiger partial charge >= 0.3 is 6.18 Å². The Kier molecular flexibility index (Phi) is 6.14. The van der Waals surface area contributed by atoms with Crippen LogP contribution in [0.1, 0.15) is 34.8 Å². The predicted octanol–water partition coefficient (Wildman–Crippen LogP) is 4.84. The van der Waals surface area contributed by atoms with Crippen LogP contribution in [-0.2, 0) is 4.79 Å². The summed E-state index contributed by atoms with van der Waals surface area (Å²) >= 11 is 0. The van der Waals surface area contributed by atoms with Crippen LogP contribution in [0.15, 0.2) is 48.5 Å². The van der Waals surface area contributed by atoms with Crippen LogP contribution in [0.4, 0.5) is 18.9 Å². The van der Waals surface area contributed by atoms with E-state index < -0.39 is 23.4 Å². The molecule has 0 fully saturated rings. The molecular weight excluding hydrogens is 357 g/mol. The van der Waals surface area contributed by atoms with E-state index in [1.54, 1.807) is 30.3 Å². The molecule has 7 heteroatoms. The molecule has 0 bridgehead atoms. The van der Waals surface area contributed by atoms with Crippen LogP contribution in [-0.4, -0.2) is 17.9 Å². The van der Waals surface area contributed by atoms with Crippen molar-refractivity contribution in [3.63, 3.8) is 0 Å². The summed E-state index contributed by atoms with van der Waals surface area (Å²) in [5, 5.41) is 11.7. The van der Waals surface area contributed by atoms with Gasteiger partial charge in [-0.25, -0.2) is 0 Å². The summed E-state index contributed by atoms with van der Waals surface area (Å²) in [6, 6.07) is 14.3. The van der Waals surface area contributed by atoms with Crippen molar-refractivity contribution in [3.05, 3.63) is 65.2 Å². The normalized spacial score (nSPS) is 11.6. The van der Waals surface area contributed by atoms with E-state index in [0.29, 0.717) is 16.7 Å². The SMILES string of the molecule is CCC(=O)Nc1cc(/C=C(\C#N)c2ccccc2)ccc1C(=O)C(F)(F)F. The minimum atomic E-state index is -5.06. The number of nitrogens with one attached hydrogen (secondary N) is 1. The Balaban J connectivity index is 2.52. The number of hydrogen-bond donors (Lipinski definition) is 1. The standard InChI is InChI=1S/C20H15F3N2O2/c1-2-18(26)25-17-11-13(8-9-16(17)19(27)20(21,22)23)10-15(12-24)14-6-4-3-5-7-14/h3-11H,2H2,1H3,(H,25,26)/b15-10+. The van der Waals surface area contributed by atoms with Crippen LogP contribution in [0.25, 0.3) is 11.6 Å². The number of Topliss-reactive ketones (excluding diaryl/α,β-unsaturated/α-hetero) is 1. The number of hydrogen-bond acceptors (Lipinski definition) is 3. The van der Waals surface area contributed by atoms with Crippen LogP contribution in [0.5, 0.6) is 0 Å². The van der Waals surface area contributed by atoms with Gasteiger partial charge in [-0.1, -0.05) is 43.3 Å². The van der Waals surface area contributed by atoms with Crippen molar-refractivity contribution >= 4 is 29.0 Å². The summed E-state index contributed by atoms with van der Waals surface area (Å²) in [6.45, 7) is 1.54. The second kappa shape index (κ2) is 8.32. The summed E-state index contributed by atoms with van der Waals surface area (Å²) < 4.78 is 38.4. The molecule has 0 aliphatic carbocycles. The fourth-order valence-electron chi connectivity index (χ4n) is 2.31. The van der Waals surface area contributed by atoms with E-state index in [2.05, 4.69) is 5.32 Å². The van der Waals surface area contributed by atoms with Gasteiger partial charge < -0.3 is 5.32 Å². The number of carbonyl (C=O) groups excluding carboxylic acids is 2. The molecule has 4 nitrogen and oxygen atoms in total. The van der Waals surface area contributed by atoms with Crippen molar-refractivity contribution in [2.45, 2.75) is 19.5 Å². The Hall–Kier alpha value is -3.40. The lowest BCUT2D eigenvalue weighted by Gasteiger charge is -2.13. The summed E-state index contributed by atoms with van der Waals surface area (Å²) in [5.74, 6) is -2.58. The van der Waals surface area contributed by atoms with Gasteiger partial charge in [0, 0.05) is 6.42 Å². The molecular formula is C20H15F3N2O2. The van der Waals surface area contributed by atoms with Crippen LogP contribution < -0.4 is 5.32 Å². The van der Waals surface area contributed by atoms with E-state index in [9.17, 15) is 28.0 Å². The first kappa shape index (κ1) is 19.9. The molecule has 1 N–H and O–H groups in total. The summed E-state index contributed by atoms with van der Waals surface area (Å²) in [5.41, 5.74) is 0.399. The van der Waals surface area contributed by atoms with Crippen molar-refractivity contribution in [2.24, 2.45) is 0 Å². The first-order chi connectivity index (χ1) is 12.8. The third-order valence-electron chi connectivity index (χ3n) is 3.66. The number of halogens is 3. The molecule has 2 aromatic rings. The summed E-state index contributed by atoms with van der Waals surface area (Å²) in [7, 11) is 0. The molecule has 0 aromatic heterocycles. The maximum Gasteiger partial charge on any atom is 0.454 e. The second-order valence-electron chi connectivity index (χ2n) is 5.57. The van der Waals surface area contributed by atoms with Crippen molar-refractivity contribution in [1.82, 2.24) is 0 Å². The zero-order valence-electron chi connectivity index (χ0n) is 14.3. The number of nitrogens with zero attached hydrogens (tertiary/aromatic N) is 1. The van der Waals surface area contributed by atoms with Crippen LogP contribution in [0, 0.1) is 11.3 Å². The first-order valence-corrected chi connectivity index (χ1v) is 7.99. The van der Waals surface area contributed by atoms with Crippen LogP contribution in [0.2, 0.25) is 0 Å². The highest BCUT2D eigenvalue weighted by atomic mass is 19.4. The van der Waals surface area contributed by atoms with Gasteiger partial charge in [0.25, 0.3) is 5.78 Å². The van der Waals surface area contributed by atoms with Crippen molar-refractivity contribution < 1.29 is 22.8 Å². The molecule has 27 heavy (non-hydrogen) atoms. The fraction of sp³-hybridized carbons (Fsp3) is 0.150. The highest BCUT2D eigenvalue weighted by molar-refractivity contribution is 6.08. The molecule has 0 spiro atoms. The molecule has 0 saturated carbocycles. The van der Waals surface area contributed by atoms with Gasteiger partial charge in [-0.3, -0.25) is 9.59 Å². The molecule has 2 aromatic carbocycles. The van der Waals surface area contributed by atoms with Crippen molar-refractivity contribution in [1.29, 1.82) is 5.26 Å². The van der Waals surface area contributed by atoms with Crippen molar-refractivity contribution in [3.8, 4) is 6.07 Å². The van der Waals surface area contributed by atoms with Gasteiger partial charge in [-0.2, -0.15) is 18.4 Å². The largest absolute Gasteiger partial charge is 0.454 e. The molecule has 0 radical (unpaired) electrons. The Morgan fingerprint density at radius 2 is 1.81 bits per heavy atom. The number of alkyl halides is 3. The van der Waals surface area contributed by atoms with Crippen molar-refractivity contribution in [2.75, 3.05) is 5.32 Å². The lowest BCUT2D eigenvalue weighted by atomic mass is 10.0. The number of allylic oxidation sites excluding steroid dienone is 1. The molecule has 1 amide bonds. The van der Waals surface area contributed by atoms with E-state index in [0.717, 1.165) is 6.07 Å². The highest BCUT2D eigenvalue weighted by Gasteiger charge is 2.40. The van der Waals surface area contributed by atoms with Crippen LogP contribution in [0.3, 0.4) is 0 Å². The molecule has 0 aliphatic rings. The minimum absolute atomic E-state index is 0.0349. The topological polar surface area (TPSA) is 70.0 Å². The Bertz CT molecular complexity index is 926. The number of nitriles is 1. The fourth-order valence-corrected chi connectivity index (χ4v) is 2.31. The highest BCUT2D eigenvalue weighted by Crippen LogP contribution is 2.28. The monoisotopic (exact) mass is 372 g/mol. The smallest absolute Gasteiger partial charge is 0.325 e. The predicted molar refractivity (Wildman–Crippen MR) is 95.7 cm³/mol. The number of ketones is 1. The minimum Gasteiger partial charge on any atom is -0.325 e. The maximum atomic E-state index is 12.8. The number of carbonyl (C=O) groups is 2. The van der Waals surface area contributed by atoms with Gasteiger partial charge in [-0.15, -0.1) is 0 Å².